The summed E-state index contributed by atoms with van der Waals surface area (Å²) in [6, 6.07) is 19.0. The molecule has 0 unspecified atom stereocenters. The number of non-ortho nitro benzene ring substituents is 1. The van der Waals surface area contributed by atoms with Crippen molar-refractivity contribution in [1.82, 2.24) is 5.43 Å². The first kappa shape index (κ1) is 18.1. The molecule has 0 spiro atoms. The van der Waals surface area contributed by atoms with Crippen molar-refractivity contribution < 1.29 is 14.1 Å². The molecule has 0 bridgehead atoms. The number of benzene rings is 2. The Morgan fingerprint density at radius 1 is 1.11 bits per heavy atom. The van der Waals surface area contributed by atoms with Gasteiger partial charge in [0.15, 0.2) is 5.76 Å². The number of carbonyl (C=O) groups is 1. The first-order valence-electron chi connectivity index (χ1n) is 8.27. The maximum absolute atomic E-state index is 12.1. The van der Waals surface area contributed by atoms with Gasteiger partial charge in [0.05, 0.1) is 11.1 Å². The van der Waals surface area contributed by atoms with Crippen molar-refractivity contribution in [3.8, 4) is 0 Å². The van der Waals surface area contributed by atoms with E-state index in [4.69, 9.17) is 4.42 Å². The van der Waals surface area contributed by atoms with Gasteiger partial charge in [-0.3, -0.25) is 14.9 Å². The van der Waals surface area contributed by atoms with Crippen LogP contribution in [0.3, 0.4) is 0 Å². The van der Waals surface area contributed by atoms with E-state index in [2.05, 4.69) is 10.5 Å². The number of rotatable bonds is 6. The van der Waals surface area contributed by atoms with Crippen LogP contribution in [0.2, 0.25) is 0 Å². The van der Waals surface area contributed by atoms with E-state index < -0.39 is 10.8 Å². The maximum atomic E-state index is 12.1. The topological polar surface area (TPSA) is 97.7 Å². The summed E-state index contributed by atoms with van der Waals surface area (Å²) in [4.78, 5) is 22.3. The van der Waals surface area contributed by atoms with Crippen LogP contribution in [0.1, 0.15) is 40.3 Å². The highest BCUT2D eigenvalue weighted by Crippen LogP contribution is 2.25. The van der Waals surface area contributed by atoms with Crippen molar-refractivity contribution in [2.45, 2.75) is 12.8 Å². The first-order valence-corrected chi connectivity index (χ1v) is 8.27. The minimum Gasteiger partial charge on any atom is -0.455 e. The van der Waals surface area contributed by atoms with Gasteiger partial charge in [-0.2, -0.15) is 5.10 Å². The molecule has 3 rings (SSSR count). The molecule has 0 saturated heterocycles. The fraction of sp³-hybridized carbons (Fsp3) is 0.100. The molecule has 3 aromatic rings. The molecule has 1 heterocycles. The fourth-order valence-electron chi connectivity index (χ4n) is 2.52. The first-order chi connectivity index (χ1) is 13.0. The molecule has 0 aliphatic rings. The highest BCUT2D eigenvalue weighted by Gasteiger charge is 2.16. The zero-order valence-electron chi connectivity index (χ0n) is 14.5. The van der Waals surface area contributed by atoms with Gasteiger partial charge in [0.2, 0.25) is 0 Å². The molecule has 0 aliphatic carbocycles. The minimum absolute atomic E-state index is 0.00756. The molecule has 136 valence electrons. The lowest BCUT2D eigenvalue weighted by Crippen LogP contribution is -2.16. The number of amides is 1. The molecule has 0 radical (unpaired) electrons. The van der Waals surface area contributed by atoms with E-state index in [1.807, 2.05) is 37.3 Å². The van der Waals surface area contributed by atoms with Crippen LogP contribution < -0.4 is 5.43 Å². The summed E-state index contributed by atoms with van der Waals surface area (Å²) in [5, 5.41) is 14.5. The van der Waals surface area contributed by atoms with Crippen molar-refractivity contribution in [2.75, 3.05) is 0 Å². The second kappa shape index (κ2) is 8.09. The average molecular weight is 363 g/mol. The van der Waals surface area contributed by atoms with Crippen LogP contribution in [0.5, 0.6) is 0 Å². The third kappa shape index (κ3) is 4.46. The van der Waals surface area contributed by atoms with Crippen LogP contribution in [0, 0.1) is 10.1 Å². The Kier molecular flexibility index (Phi) is 5.41. The van der Waals surface area contributed by atoms with E-state index in [1.165, 1.54) is 18.3 Å². The van der Waals surface area contributed by atoms with E-state index in [1.54, 1.807) is 24.3 Å². The highest BCUT2D eigenvalue weighted by atomic mass is 16.6. The average Bonchev–Trinajstić information content (AvgIpc) is 3.19. The van der Waals surface area contributed by atoms with Gasteiger partial charge < -0.3 is 4.42 Å². The number of nitro groups is 1. The molecular weight excluding hydrogens is 346 g/mol. The predicted molar refractivity (Wildman–Crippen MR) is 101 cm³/mol. The standard InChI is InChI=1S/C20H17N3O4/c1-14(16-5-3-2-4-6-16)18-11-12-19(27-18)20(24)22-21-13-15-7-9-17(10-8-15)23(25)26/h2-14H,1H3,(H,22,24)/b21-13-/t14-/m1/s1. The summed E-state index contributed by atoms with van der Waals surface area (Å²) < 4.78 is 5.65. The Balaban J connectivity index is 1.61. The summed E-state index contributed by atoms with van der Waals surface area (Å²) in [5.41, 5.74) is 4.09. The second-order valence-electron chi connectivity index (χ2n) is 5.88. The second-order valence-corrected chi connectivity index (χ2v) is 5.88. The normalized spacial score (nSPS) is 12.0. The molecule has 1 aromatic heterocycles. The molecule has 1 N–H and O–H groups in total. The number of nitrogens with one attached hydrogen (secondary N) is 1. The molecule has 2 aromatic carbocycles. The third-order valence-electron chi connectivity index (χ3n) is 4.06. The van der Waals surface area contributed by atoms with Crippen LogP contribution in [-0.4, -0.2) is 17.0 Å². The number of nitro benzene ring substituents is 1. The highest BCUT2D eigenvalue weighted by molar-refractivity contribution is 5.92. The molecule has 0 saturated carbocycles. The summed E-state index contributed by atoms with van der Waals surface area (Å²) in [7, 11) is 0. The van der Waals surface area contributed by atoms with E-state index in [0.717, 1.165) is 5.56 Å². The van der Waals surface area contributed by atoms with Crippen LogP contribution in [-0.2, 0) is 0 Å². The van der Waals surface area contributed by atoms with Gasteiger partial charge in [-0.15, -0.1) is 0 Å². The Morgan fingerprint density at radius 3 is 2.48 bits per heavy atom. The number of nitrogens with zero attached hydrogens (tertiary/aromatic N) is 2. The molecule has 27 heavy (non-hydrogen) atoms. The molecule has 0 aliphatic heterocycles. The van der Waals surface area contributed by atoms with E-state index in [-0.39, 0.29) is 17.4 Å². The number of hydrogen-bond acceptors (Lipinski definition) is 5. The van der Waals surface area contributed by atoms with Gasteiger partial charge in [0.1, 0.15) is 5.76 Å². The summed E-state index contributed by atoms with van der Waals surface area (Å²) in [6.07, 6.45) is 1.40. The molecule has 7 nitrogen and oxygen atoms in total. The Labute approximate surface area is 155 Å². The van der Waals surface area contributed by atoms with Crippen molar-refractivity contribution in [2.24, 2.45) is 5.10 Å². The number of furan rings is 1. The van der Waals surface area contributed by atoms with Crippen molar-refractivity contribution >= 4 is 17.8 Å². The van der Waals surface area contributed by atoms with Gasteiger partial charge in [0, 0.05) is 18.1 Å². The summed E-state index contributed by atoms with van der Waals surface area (Å²) in [5.74, 6) is 0.398. The van der Waals surface area contributed by atoms with E-state index in [0.29, 0.717) is 11.3 Å². The van der Waals surface area contributed by atoms with Crippen molar-refractivity contribution in [1.29, 1.82) is 0 Å². The predicted octanol–water partition coefficient (Wildman–Crippen LogP) is 4.10. The molecular formula is C20H17N3O4. The van der Waals surface area contributed by atoms with Crippen LogP contribution in [0.25, 0.3) is 0 Å². The fourth-order valence-corrected chi connectivity index (χ4v) is 2.52. The largest absolute Gasteiger partial charge is 0.455 e. The van der Waals surface area contributed by atoms with Gasteiger partial charge >= 0.3 is 5.91 Å². The Bertz CT molecular complexity index is 962. The zero-order chi connectivity index (χ0) is 19.2. The SMILES string of the molecule is C[C@H](c1ccccc1)c1ccc(C(=O)N/N=C\c2ccc([N+](=O)[O-])cc2)o1. The summed E-state index contributed by atoms with van der Waals surface area (Å²) >= 11 is 0. The van der Waals surface area contributed by atoms with Gasteiger partial charge in [0.25, 0.3) is 5.69 Å². The Morgan fingerprint density at radius 2 is 1.81 bits per heavy atom. The van der Waals surface area contributed by atoms with Crippen LogP contribution in [0.4, 0.5) is 5.69 Å². The van der Waals surface area contributed by atoms with Gasteiger partial charge in [-0.25, -0.2) is 5.43 Å². The molecule has 0 fully saturated rings. The van der Waals surface area contributed by atoms with Gasteiger partial charge in [-0.1, -0.05) is 37.3 Å². The van der Waals surface area contributed by atoms with Crippen LogP contribution >= 0.6 is 0 Å². The van der Waals surface area contributed by atoms with Gasteiger partial charge in [-0.05, 0) is 35.4 Å². The monoisotopic (exact) mass is 363 g/mol. The number of hydrazone groups is 1. The van der Waals surface area contributed by atoms with E-state index in [9.17, 15) is 14.9 Å². The summed E-state index contributed by atoms with van der Waals surface area (Å²) in [6.45, 7) is 2.00. The smallest absolute Gasteiger partial charge is 0.307 e. The maximum Gasteiger partial charge on any atom is 0.307 e. The van der Waals surface area contributed by atoms with Crippen molar-refractivity contribution in [3.05, 3.63) is 99.5 Å². The minimum atomic E-state index is -0.479. The zero-order valence-corrected chi connectivity index (χ0v) is 14.5. The number of hydrogen-bond donors (Lipinski definition) is 1. The Hall–Kier alpha value is -3.74. The quantitative estimate of drug-likeness (QED) is 0.405. The van der Waals surface area contributed by atoms with E-state index >= 15 is 0 Å². The number of carbonyl (C=O) groups excluding carboxylic acids is 1. The van der Waals surface area contributed by atoms with Crippen LogP contribution in [0.15, 0.2) is 76.2 Å². The lowest BCUT2D eigenvalue weighted by atomic mass is 9.99. The third-order valence-corrected chi connectivity index (χ3v) is 4.06. The molecule has 1 amide bonds. The lowest BCUT2D eigenvalue weighted by molar-refractivity contribution is -0.384. The van der Waals surface area contributed by atoms with Crippen molar-refractivity contribution in [3.63, 3.8) is 0 Å². The molecule has 7 heteroatoms. The lowest BCUT2D eigenvalue weighted by Gasteiger charge is -2.08. The molecule has 1 atom stereocenters.